The van der Waals surface area contributed by atoms with Crippen molar-refractivity contribution in [2.45, 2.75) is 25.7 Å². The average Bonchev–Trinajstić information content (AvgIpc) is 2.96. The van der Waals surface area contributed by atoms with Gasteiger partial charge in [-0.05, 0) is 47.9 Å². The molecule has 7 heteroatoms. The first kappa shape index (κ1) is 19.1. The van der Waals surface area contributed by atoms with Gasteiger partial charge in [0.25, 0.3) is 5.91 Å². The molecule has 1 unspecified atom stereocenters. The van der Waals surface area contributed by atoms with Crippen LogP contribution in [-0.2, 0) is 0 Å². The van der Waals surface area contributed by atoms with Crippen molar-refractivity contribution >= 4 is 41.2 Å². The highest BCUT2D eigenvalue weighted by molar-refractivity contribution is 7.78. The first-order valence-electron chi connectivity index (χ1n) is 9.12. The molecule has 2 N–H and O–H groups in total. The molecular formula is C22H18N2O4S. The molecule has 3 aromatic rings. The van der Waals surface area contributed by atoms with Crippen molar-refractivity contribution in [2.24, 2.45) is 0 Å². The van der Waals surface area contributed by atoms with Crippen molar-refractivity contribution < 1.29 is 19.5 Å². The first-order chi connectivity index (χ1) is 13.8. The molecular weight excluding hydrogens is 388 g/mol. The molecule has 0 spiro atoms. The lowest BCUT2D eigenvalue weighted by molar-refractivity contribution is 0.0885. The van der Waals surface area contributed by atoms with E-state index in [9.17, 15) is 19.5 Å². The standard InChI is InChI=1S/C22H18N2O4S/c1-10(2)11-4-6-16-13(7-11)9-17(25)19(23-16)18-20(26)14-5-3-12(22(28)24-29)8-15(14)21(18)27/h3-10,18,25,29H,1-2H3,(H,24,28). The van der Waals surface area contributed by atoms with Crippen molar-refractivity contribution in [1.82, 2.24) is 9.71 Å². The fraction of sp³-hybridized carbons (Fsp3) is 0.182. The minimum Gasteiger partial charge on any atom is -0.506 e. The molecule has 0 saturated heterocycles. The molecule has 4 rings (SSSR count). The van der Waals surface area contributed by atoms with Gasteiger partial charge >= 0.3 is 0 Å². The SMILES string of the molecule is CC(C)c1ccc2nc(C3C(=O)c4ccc(C(=O)NS)cc4C3=O)c(O)cc2c1. The fourth-order valence-electron chi connectivity index (χ4n) is 3.62. The van der Waals surface area contributed by atoms with Crippen molar-refractivity contribution in [3.8, 4) is 5.75 Å². The maximum absolute atomic E-state index is 13.0. The van der Waals surface area contributed by atoms with E-state index in [0.717, 1.165) is 10.9 Å². The quantitative estimate of drug-likeness (QED) is 0.454. The van der Waals surface area contributed by atoms with Gasteiger partial charge in [0, 0.05) is 22.1 Å². The fourth-order valence-corrected chi connectivity index (χ4v) is 3.75. The van der Waals surface area contributed by atoms with E-state index in [2.05, 4.69) is 36.4 Å². The molecule has 29 heavy (non-hydrogen) atoms. The molecule has 2 aromatic carbocycles. The van der Waals surface area contributed by atoms with Crippen LogP contribution in [0.5, 0.6) is 5.75 Å². The van der Waals surface area contributed by atoms with Crippen LogP contribution in [0, 0.1) is 0 Å². The Balaban J connectivity index is 1.80. The van der Waals surface area contributed by atoms with Crippen LogP contribution in [0.3, 0.4) is 0 Å². The molecule has 1 aliphatic rings. The van der Waals surface area contributed by atoms with Crippen LogP contribution < -0.4 is 4.72 Å². The number of Topliss-reactive ketones (excluding diaryl/α,β-unsaturated/α-hetero) is 2. The summed E-state index contributed by atoms with van der Waals surface area (Å²) in [4.78, 5) is 42.1. The van der Waals surface area contributed by atoms with Crippen LogP contribution in [0.2, 0.25) is 0 Å². The summed E-state index contributed by atoms with van der Waals surface area (Å²) in [5.74, 6) is -2.52. The van der Waals surface area contributed by atoms with E-state index in [1.165, 1.54) is 24.3 Å². The minimum atomic E-state index is -1.23. The van der Waals surface area contributed by atoms with Gasteiger partial charge in [-0.3, -0.25) is 19.1 Å². The van der Waals surface area contributed by atoms with Gasteiger partial charge in [0.15, 0.2) is 11.6 Å². The summed E-state index contributed by atoms with van der Waals surface area (Å²) >= 11 is 3.72. The molecule has 0 radical (unpaired) electrons. The van der Waals surface area contributed by atoms with E-state index in [1.54, 1.807) is 0 Å². The topological polar surface area (TPSA) is 96.4 Å². The van der Waals surface area contributed by atoms with Crippen molar-refractivity contribution in [3.05, 3.63) is 70.4 Å². The lowest BCUT2D eigenvalue weighted by Crippen LogP contribution is -2.15. The van der Waals surface area contributed by atoms with Crippen LogP contribution in [0.1, 0.15) is 68.0 Å². The number of carbonyl (C=O) groups excluding carboxylic acids is 3. The zero-order valence-electron chi connectivity index (χ0n) is 15.8. The summed E-state index contributed by atoms with van der Waals surface area (Å²) in [6.07, 6.45) is 0. The lowest BCUT2D eigenvalue weighted by atomic mass is 9.96. The normalized spacial score (nSPS) is 15.8. The summed E-state index contributed by atoms with van der Waals surface area (Å²) in [7, 11) is 0. The number of thiol groups is 1. The Morgan fingerprint density at radius 1 is 1.07 bits per heavy atom. The molecule has 1 amide bonds. The van der Waals surface area contributed by atoms with Gasteiger partial charge < -0.3 is 5.11 Å². The molecule has 146 valence electrons. The molecule has 1 aliphatic carbocycles. The highest BCUT2D eigenvalue weighted by Crippen LogP contribution is 2.38. The zero-order chi connectivity index (χ0) is 20.9. The monoisotopic (exact) mass is 406 g/mol. The van der Waals surface area contributed by atoms with E-state index >= 15 is 0 Å². The summed E-state index contributed by atoms with van der Waals surface area (Å²) in [5.41, 5.74) is 2.30. The van der Waals surface area contributed by atoms with E-state index in [0.29, 0.717) is 11.4 Å². The Kier molecular flexibility index (Phi) is 4.62. The van der Waals surface area contributed by atoms with E-state index < -0.39 is 23.4 Å². The van der Waals surface area contributed by atoms with Gasteiger partial charge in [-0.2, -0.15) is 0 Å². The number of nitrogens with one attached hydrogen (secondary N) is 1. The first-order valence-corrected chi connectivity index (χ1v) is 9.57. The maximum atomic E-state index is 13.0. The van der Waals surface area contributed by atoms with Crippen LogP contribution >= 0.6 is 12.8 Å². The van der Waals surface area contributed by atoms with Gasteiger partial charge in [0.1, 0.15) is 17.4 Å². The van der Waals surface area contributed by atoms with Gasteiger partial charge in [-0.25, -0.2) is 4.98 Å². The second kappa shape index (κ2) is 7.00. The minimum absolute atomic E-state index is 0.0289. The molecule has 1 heterocycles. The predicted molar refractivity (Wildman–Crippen MR) is 112 cm³/mol. The number of aromatic hydroxyl groups is 1. The number of carbonyl (C=O) groups is 3. The van der Waals surface area contributed by atoms with Gasteiger partial charge in [-0.15, -0.1) is 0 Å². The Morgan fingerprint density at radius 3 is 2.48 bits per heavy atom. The number of nitrogens with zero attached hydrogens (tertiary/aromatic N) is 1. The third-order valence-corrected chi connectivity index (χ3v) is 5.43. The number of aromatic nitrogens is 1. The molecule has 0 aliphatic heterocycles. The summed E-state index contributed by atoms with van der Waals surface area (Å²) in [5, 5.41) is 11.3. The molecule has 1 aromatic heterocycles. The number of benzene rings is 2. The highest BCUT2D eigenvalue weighted by Gasteiger charge is 2.42. The Hall–Kier alpha value is -3.19. The largest absolute Gasteiger partial charge is 0.506 e. The summed E-state index contributed by atoms with van der Waals surface area (Å²) in [6, 6.07) is 11.5. The summed E-state index contributed by atoms with van der Waals surface area (Å²) in [6.45, 7) is 4.14. The van der Waals surface area contributed by atoms with E-state index in [-0.39, 0.29) is 28.1 Å². The van der Waals surface area contributed by atoms with Crippen LogP contribution in [0.4, 0.5) is 0 Å². The van der Waals surface area contributed by atoms with Crippen molar-refractivity contribution in [1.29, 1.82) is 0 Å². The third-order valence-electron chi connectivity index (χ3n) is 5.23. The number of hydrogen-bond acceptors (Lipinski definition) is 6. The molecule has 0 saturated carbocycles. The maximum Gasteiger partial charge on any atom is 0.260 e. The zero-order valence-corrected chi connectivity index (χ0v) is 16.7. The third kappa shape index (κ3) is 3.07. The Morgan fingerprint density at radius 2 is 1.79 bits per heavy atom. The van der Waals surface area contributed by atoms with Crippen molar-refractivity contribution in [2.75, 3.05) is 0 Å². The molecule has 6 nitrogen and oxygen atoms in total. The Bertz CT molecular complexity index is 1200. The Labute approximate surface area is 172 Å². The predicted octanol–water partition coefficient (Wildman–Crippen LogP) is 3.80. The van der Waals surface area contributed by atoms with E-state index in [1.807, 2.05) is 18.2 Å². The molecule has 1 atom stereocenters. The van der Waals surface area contributed by atoms with Crippen LogP contribution in [-0.4, -0.2) is 27.6 Å². The second-order valence-electron chi connectivity index (χ2n) is 7.36. The lowest BCUT2D eigenvalue weighted by Gasteiger charge is -2.12. The van der Waals surface area contributed by atoms with Crippen molar-refractivity contribution in [3.63, 3.8) is 0 Å². The molecule has 0 bridgehead atoms. The number of ketones is 2. The van der Waals surface area contributed by atoms with Gasteiger partial charge in [-0.1, -0.05) is 32.7 Å². The van der Waals surface area contributed by atoms with Crippen LogP contribution in [0.25, 0.3) is 10.9 Å². The second-order valence-corrected chi connectivity index (χ2v) is 7.59. The highest BCUT2D eigenvalue weighted by atomic mass is 32.1. The van der Waals surface area contributed by atoms with Crippen LogP contribution in [0.15, 0.2) is 42.5 Å². The number of hydrogen-bond donors (Lipinski definition) is 3. The van der Waals surface area contributed by atoms with E-state index in [4.69, 9.17) is 0 Å². The number of pyridine rings is 1. The average molecular weight is 406 g/mol. The molecule has 0 fully saturated rings. The number of fused-ring (bicyclic) bond motifs is 2. The number of amides is 1. The smallest absolute Gasteiger partial charge is 0.260 e. The van der Waals surface area contributed by atoms with Gasteiger partial charge in [0.2, 0.25) is 0 Å². The number of rotatable bonds is 3. The van der Waals surface area contributed by atoms with Gasteiger partial charge in [0.05, 0.1) is 5.52 Å². The summed E-state index contributed by atoms with van der Waals surface area (Å²) < 4.78 is 2.19.